The molecule has 2 heterocycles. The first kappa shape index (κ1) is 22.1. The van der Waals surface area contributed by atoms with Gasteiger partial charge in [-0.05, 0) is 26.7 Å². The number of carbonyl (C=O) groups is 1. The maximum atomic E-state index is 13.1. The highest BCUT2D eigenvalue weighted by molar-refractivity contribution is 7.89. The van der Waals surface area contributed by atoms with E-state index in [2.05, 4.69) is 10.4 Å². The van der Waals surface area contributed by atoms with Gasteiger partial charge in [-0.1, -0.05) is 0 Å². The van der Waals surface area contributed by atoms with Crippen LogP contribution in [0.5, 0.6) is 11.5 Å². The molecule has 9 nitrogen and oxygen atoms in total. The maximum absolute atomic E-state index is 13.1. The summed E-state index contributed by atoms with van der Waals surface area (Å²) in [6.07, 6.45) is 0.898. The molecular weight excluding hydrogens is 408 g/mol. The van der Waals surface area contributed by atoms with Gasteiger partial charge >= 0.3 is 0 Å². The molecule has 1 fully saturated rings. The van der Waals surface area contributed by atoms with Gasteiger partial charge in [0.05, 0.1) is 25.6 Å². The number of sulfonamides is 1. The summed E-state index contributed by atoms with van der Waals surface area (Å²) in [4.78, 5) is 13.0. The van der Waals surface area contributed by atoms with Crippen LogP contribution in [0.25, 0.3) is 0 Å². The van der Waals surface area contributed by atoms with Crippen molar-refractivity contribution >= 4 is 21.6 Å². The standard InChI is InChI=1S/C20H28N4O5S/c1-13-19(14(2)23(3)22-13)30(26,27)24-8-6-15(7-9-24)20(25)21-16-10-17(28-4)12-18(11-16)29-5/h10-12,15H,6-9H2,1-5H3,(H,21,25). The molecule has 0 radical (unpaired) electrons. The predicted octanol–water partition coefficient (Wildman–Crippen LogP) is 2.09. The fourth-order valence-electron chi connectivity index (χ4n) is 3.74. The normalized spacial score (nSPS) is 15.8. The number of ether oxygens (including phenoxy) is 2. The largest absolute Gasteiger partial charge is 0.497 e. The number of aromatic nitrogens is 2. The van der Waals surface area contributed by atoms with Gasteiger partial charge < -0.3 is 14.8 Å². The first-order valence-corrected chi connectivity index (χ1v) is 11.2. The van der Waals surface area contributed by atoms with E-state index in [1.165, 1.54) is 4.31 Å². The third kappa shape index (κ3) is 4.29. The summed E-state index contributed by atoms with van der Waals surface area (Å²) in [5.74, 6) is 0.737. The van der Waals surface area contributed by atoms with Crippen LogP contribution in [0.1, 0.15) is 24.2 Å². The first-order chi connectivity index (χ1) is 14.2. The minimum absolute atomic E-state index is 0.143. The zero-order chi connectivity index (χ0) is 22.1. The molecule has 1 N–H and O–H groups in total. The molecule has 1 aromatic heterocycles. The lowest BCUT2D eigenvalue weighted by Crippen LogP contribution is -2.41. The highest BCUT2D eigenvalue weighted by Gasteiger charge is 2.35. The van der Waals surface area contributed by atoms with E-state index < -0.39 is 10.0 Å². The Labute approximate surface area is 177 Å². The average Bonchev–Trinajstić information content (AvgIpc) is 2.99. The monoisotopic (exact) mass is 436 g/mol. The molecule has 30 heavy (non-hydrogen) atoms. The van der Waals surface area contributed by atoms with Gasteiger partial charge in [-0.15, -0.1) is 0 Å². The van der Waals surface area contributed by atoms with Crippen molar-refractivity contribution in [2.45, 2.75) is 31.6 Å². The fraction of sp³-hybridized carbons (Fsp3) is 0.500. The molecule has 0 spiro atoms. The lowest BCUT2D eigenvalue weighted by Gasteiger charge is -2.30. The molecule has 10 heteroatoms. The Hall–Kier alpha value is -2.59. The van der Waals surface area contributed by atoms with Crippen LogP contribution in [0, 0.1) is 19.8 Å². The number of hydrogen-bond donors (Lipinski definition) is 1. The number of benzene rings is 1. The van der Waals surface area contributed by atoms with Gasteiger partial charge in [0.1, 0.15) is 16.4 Å². The molecular formula is C20H28N4O5S. The van der Waals surface area contributed by atoms with Gasteiger partial charge in [0.15, 0.2) is 0 Å². The Kier molecular flexibility index (Phi) is 6.37. The SMILES string of the molecule is COc1cc(NC(=O)C2CCN(S(=O)(=O)c3c(C)nn(C)c3C)CC2)cc(OC)c1. The molecule has 0 aliphatic carbocycles. The zero-order valence-corrected chi connectivity index (χ0v) is 18.7. The molecule has 1 aromatic carbocycles. The number of nitrogens with one attached hydrogen (secondary N) is 1. The summed E-state index contributed by atoms with van der Waals surface area (Å²) >= 11 is 0. The van der Waals surface area contributed by atoms with Crippen molar-refractivity contribution in [3.8, 4) is 11.5 Å². The Morgan fingerprint density at radius 3 is 2.13 bits per heavy atom. The second-order valence-corrected chi connectivity index (χ2v) is 9.27. The number of carbonyl (C=O) groups excluding carboxylic acids is 1. The molecule has 1 saturated heterocycles. The molecule has 0 unspecified atom stereocenters. The van der Waals surface area contributed by atoms with Gasteiger partial charge in [-0.25, -0.2) is 8.42 Å². The molecule has 0 saturated carbocycles. The van der Waals surface area contributed by atoms with E-state index in [0.717, 1.165) is 0 Å². The number of piperidine rings is 1. The van der Waals surface area contributed by atoms with E-state index in [9.17, 15) is 13.2 Å². The van der Waals surface area contributed by atoms with E-state index in [0.29, 0.717) is 41.4 Å². The number of aryl methyl sites for hydroxylation is 2. The summed E-state index contributed by atoms with van der Waals surface area (Å²) in [6.45, 7) is 4.02. The quantitative estimate of drug-likeness (QED) is 0.744. The van der Waals surface area contributed by atoms with Gasteiger partial charge in [0, 0.05) is 49.9 Å². The van der Waals surface area contributed by atoms with Crippen LogP contribution in [0.2, 0.25) is 0 Å². The predicted molar refractivity (Wildman–Crippen MR) is 112 cm³/mol. The molecule has 0 atom stereocenters. The van der Waals surface area contributed by atoms with E-state index in [1.54, 1.807) is 58.0 Å². The number of nitrogens with zero attached hydrogens (tertiary/aromatic N) is 3. The highest BCUT2D eigenvalue weighted by Crippen LogP contribution is 2.29. The van der Waals surface area contributed by atoms with E-state index in [4.69, 9.17) is 9.47 Å². The third-order valence-corrected chi connectivity index (χ3v) is 7.64. The fourth-order valence-corrected chi connectivity index (χ4v) is 5.61. The van der Waals surface area contributed by atoms with Gasteiger partial charge in [0.2, 0.25) is 15.9 Å². The van der Waals surface area contributed by atoms with Crippen LogP contribution < -0.4 is 14.8 Å². The Balaban J connectivity index is 1.67. The first-order valence-electron chi connectivity index (χ1n) is 9.71. The van der Waals surface area contributed by atoms with Crippen LogP contribution >= 0.6 is 0 Å². The van der Waals surface area contributed by atoms with Crippen LogP contribution in [-0.4, -0.2) is 55.7 Å². The molecule has 1 aliphatic rings. The third-order valence-electron chi connectivity index (χ3n) is 5.48. The number of methoxy groups -OCH3 is 2. The number of hydrogen-bond acceptors (Lipinski definition) is 6. The summed E-state index contributed by atoms with van der Waals surface area (Å²) in [7, 11) is 1.17. The zero-order valence-electron chi connectivity index (χ0n) is 17.9. The van der Waals surface area contributed by atoms with Gasteiger partial charge in [0.25, 0.3) is 0 Å². The van der Waals surface area contributed by atoms with Crippen molar-refractivity contribution in [1.82, 2.24) is 14.1 Å². The lowest BCUT2D eigenvalue weighted by molar-refractivity contribution is -0.120. The summed E-state index contributed by atoms with van der Waals surface area (Å²) in [5, 5.41) is 7.10. The molecule has 0 bridgehead atoms. The summed E-state index contributed by atoms with van der Waals surface area (Å²) in [6, 6.07) is 5.16. The molecule has 1 amide bonds. The van der Waals surface area contributed by atoms with Crippen LogP contribution in [0.4, 0.5) is 5.69 Å². The average molecular weight is 437 g/mol. The minimum atomic E-state index is -3.64. The minimum Gasteiger partial charge on any atom is -0.497 e. The highest BCUT2D eigenvalue weighted by atomic mass is 32.2. The van der Waals surface area contributed by atoms with E-state index in [-0.39, 0.29) is 29.8 Å². The van der Waals surface area contributed by atoms with Crippen LogP contribution in [0.3, 0.4) is 0 Å². The van der Waals surface area contributed by atoms with Crippen molar-refractivity contribution in [3.63, 3.8) is 0 Å². The molecule has 1 aliphatic heterocycles. The van der Waals surface area contributed by atoms with Crippen molar-refractivity contribution in [3.05, 3.63) is 29.6 Å². The van der Waals surface area contributed by atoms with E-state index >= 15 is 0 Å². The lowest BCUT2D eigenvalue weighted by atomic mass is 9.97. The van der Waals surface area contributed by atoms with Crippen molar-refractivity contribution < 1.29 is 22.7 Å². The Bertz CT molecular complexity index is 1020. The molecule has 3 rings (SSSR count). The number of anilines is 1. The number of amides is 1. The summed E-state index contributed by atoms with van der Waals surface area (Å²) < 4.78 is 39.7. The van der Waals surface area contributed by atoms with Gasteiger partial charge in [-0.2, -0.15) is 9.40 Å². The Morgan fingerprint density at radius 1 is 1.10 bits per heavy atom. The number of rotatable bonds is 6. The van der Waals surface area contributed by atoms with E-state index in [1.807, 2.05) is 0 Å². The summed E-state index contributed by atoms with van der Waals surface area (Å²) in [5.41, 5.74) is 1.68. The smallest absolute Gasteiger partial charge is 0.246 e. The second kappa shape index (κ2) is 8.65. The molecule has 2 aromatic rings. The van der Waals surface area contributed by atoms with Crippen LogP contribution in [-0.2, 0) is 21.9 Å². The molecule has 164 valence electrons. The van der Waals surface area contributed by atoms with Crippen LogP contribution in [0.15, 0.2) is 23.1 Å². The Morgan fingerprint density at radius 2 is 1.67 bits per heavy atom. The topological polar surface area (TPSA) is 103 Å². The second-order valence-electron chi connectivity index (χ2n) is 7.39. The van der Waals surface area contributed by atoms with Crippen molar-refractivity contribution in [2.24, 2.45) is 13.0 Å². The van der Waals surface area contributed by atoms with Crippen molar-refractivity contribution in [2.75, 3.05) is 32.6 Å². The maximum Gasteiger partial charge on any atom is 0.246 e. The van der Waals surface area contributed by atoms with Gasteiger partial charge in [-0.3, -0.25) is 9.48 Å². The van der Waals surface area contributed by atoms with Crippen molar-refractivity contribution in [1.29, 1.82) is 0 Å².